The molecule has 2 nitrogen and oxygen atoms in total. The van der Waals surface area contributed by atoms with E-state index in [1.54, 1.807) is 0 Å². The largest absolute Gasteiger partial charge is 0.314 e. The van der Waals surface area contributed by atoms with Gasteiger partial charge < -0.3 is 10.6 Å². The Balaban J connectivity index is 1.58. The van der Waals surface area contributed by atoms with Gasteiger partial charge >= 0.3 is 0 Å². The summed E-state index contributed by atoms with van der Waals surface area (Å²) in [6.45, 7) is 6.17. The van der Waals surface area contributed by atoms with Crippen molar-refractivity contribution in [1.82, 2.24) is 10.6 Å². The van der Waals surface area contributed by atoms with Gasteiger partial charge in [0, 0.05) is 18.1 Å². The number of hydrogen-bond acceptors (Lipinski definition) is 2. The van der Waals surface area contributed by atoms with E-state index in [0.29, 0.717) is 0 Å². The van der Waals surface area contributed by atoms with E-state index in [0.717, 1.165) is 35.9 Å². The quantitative estimate of drug-likeness (QED) is 0.817. The van der Waals surface area contributed by atoms with Gasteiger partial charge in [0.25, 0.3) is 0 Å². The topological polar surface area (TPSA) is 24.1 Å². The van der Waals surface area contributed by atoms with Crippen LogP contribution in [0.5, 0.6) is 0 Å². The average molecular weight is 264 g/mol. The van der Waals surface area contributed by atoms with Gasteiger partial charge in [-0.25, -0.2) is 0 Å². The van der Waals surface area contributed by atoms with Crippen LogP contribution in [-0.4, -0.2) is 24.7 Å². The first-order valence-corrected chi connectivity index (χ1v) is 8.75. The number of nitrogens with one attached hydrogen (secondary N) is 2. The Morgan fingerprint density at radius 3 is 2.42 bits per heavy atom. The smallest absolute Gasteiger partial charge is 0.0113 e. The molecule has 0 aromatic rings. The third kappa shape index (κ3) is 3.00. The van der Waals surface area contributed by atoms with Crippen LogP contribution < -0.4 is 10.6 Å². The number of rotatable bonds is 3. The second-order valence-corrected chi connectivity index (χ2v) is 7.44. The van der Waals surface area contributed by atoms with Gasteiger partial charge in [-0.1, -0.05) is 33.1 Å². The molecule has 0 bridgehead atoms. The average Bonchev–Trinajstić information content (AvgIpc) is 3.05. The summed E-state index contributed by atoms with van der Waals surface area (Å²) in [5.41, 5.74) is 0. The summed E-state index contributed by atoms with van der Waals surface area (Å²) >= 11 is 0. The second kappa shape index (κ2) is 6.13. The lowest BCUT2D eigenvalue weighted by Gasteiger charge is -2.38. The van der Waals surface area contributed by atoms with Gasteiger partial charge in [-0.05, 0) is 56.4 Å². The van der Waals surface area contributed by atoms with Crippen molar-refractivity contribution >= 4 is 0 Å². The van der Waals surface area contributed by atoms with Crippen molar-refractivity contribution in [3.8, 4) is 0 Å². The van der Waals surface area contributed by atoms with Crippen LogP contribution >= 0.6 is 0 Å². The third-order valence-corrected chi connectivity index (χ3v) is 6.32. The maximum Gasteiger partial charge on any atom is 0.0113 e. The minimum Gasteiger partial charge on any atom is -0.314 e. The molecular weight excluding hydrogens is 232 g/mol. The minimum absolute atomic E-state index is 0.788. The van der Waals surface area contributed by atoms with Crippen LogP contribution in [0.1, 0.15) is 65.2 Å². The highest BCUT2D eigenvalue weighted by atomic mass is 15.0. The molecule has 2 saturated carbocycles. The highest BCUT2D eigenvalue weighted by molar-refractivity contribution is 4.95. The Morgan fingerprint density at radius 1 is 0.842 bits per heavy atom. The fourth-order valence-corrected chi connectivity index (χ4v) is 4.85. The summed E-state index contributed by atoms with van der Waals surface area (Å²) in [6.07, 6.45) is 11.4. The van der Waals surface area contributed by atoms with E-state index in [-0.39, 0.29) is 0 Å². The molecule has 6 unspecified atom stereocenters. The van der Waals surface area contributed by atoms with Crippen molar-refractivity contribution < 1.29 is 0 Å². The molecule has 2 aliphatic carbocycles. The lowest BCUT2D eigenvalue weighted by molar-refractivity contribution is 0.176. The molecule has 0 aromatic heterocycles. The standard InChI is InChI=1S/C17H32N2/c1-12-6-3-8-15(13(12)2)19-17-9-4-7-14(17)16-10-5-11-18-16/h12-19H,3-11H2,1-2H3. The van der Waals surface area contributed by atoms with E-state index in [4.69, 9.17) is 0 Å². The van der Waals surface area contributed by atoms with Gasteiger partial charge in [-0.3, -0.25) is 0 Å². The maximum atomic E-state index is 4.08. The lowest BCUT2D eigenvalue weighted by Crippen LogP contribution is -2.50. The Kier molecular flexibility index (Phi) is 4.48. The van der Waals surface area contributed by atoms with Crippen molar-refractivity contribution in [2.24, 2.45) is 17.8 Å². The minimum atomic E-state index is 0.788. The zero-order chi connectivity index (χ0) is 13.2. The van der Waals surface area contributed by atoms with Crippen LogP contribution in [0.3, 0.4) is 0 Å². The maximum absolute atomic E-state index is 4.08. The molecule has 0 radical (unpaired) electrons. The van der Waals surface area contributed by atoms with E-state index in [9.17, 15) is 0 Å². The van der Waals surface area contributed by atoms with E-state index < -0.39 is 0 Å². The van der Waals surface area contributed by atoms with E-state index in [1.807, 2.05) is 0 Å². The summed E-state index contributed by atoms with van der Waals surface area (Å²) in [4.78, 5) is 0. The fourth-order valence-electron chi connectivity index (χ4n) is 4.85. The number of hydrogen-bond donors (Lipinski definition) is 2. The first-order chi connectivity index (χ1) is 9.25. The van der Waals surface area contributed by atoms with Crippen molar-refractivity contribution in [3.05, 3.63) is 0 Å². The summed E-state index contributed by atoms with van der Waals surface area (Å²) in [6, 6.07) is 2.40. The molecule has 3 fully saturated rings. The molecule has 3 aliphatic rings. The molecule has 0 spiro atoms. The zero-order valence-electron chi connectivity index (χ0n) is 12.8. The molecule has 1 saturated heterocycles. The SMILES string of the molecule is CC1CCCC(NC2CCCC2C2CCCN2)C1C. The molecule has 2 N–H and O–H groups in total. The molecule has 1 aliphatic heterocycles. The first-order valence-electron chi connectivity index (χ1n) is 8.75. The Bertz CT molecular complexity index is 285. The Hall–Kier alpha value is -0.0800. The predicted octanol–water partition coefficient (Wildman–Crippen LogP) is 3.32. The van der Waals surface area contributed by atoms with Crippen LogP contribution in [0.15, 0.2) is 0 Å². The van der Waals surface area contributed by atoms with Crippen LogP contribution in [-0.2, 0) is 0 Å². The van der Waals surface area contributed by atoms with E-state index in [1.165, 1.54) is 57.9 Å². The molecule has 19 heavy (non-hydrogen) atoms. The van der Waals surface area contributed by atoms with Crippen molar-refractivity contribution in [2.45, 2.75) is 83.3 Å². The zero-order valence-corrected chi connectivity index (χ0v) is 12.8. The Labute approximate surface area is 119 Å². The van der Waals surface area contributed by atoms with Gasteiger partial charge in [0.1, 0.15) is 0 Å². The molecule has 2 heteroatoms. The summed E-state index contributed by atoms with van der Waals surface area (Å²) < 4.78 is 0. The van der Waals surface area contributed by atoms with Crippen LogP contribution in [0.2, 0.25) is 0 Å². The molecule has 110 valence electrons. The fraction of sp³-hybridized carbons (Fsp3) is 1.00. The van der Waals surface area contributed by atoms with Gasteiger partial charge in [-0.2, -0.15) is 0 Å². The Morgan fingerprint density at radius 2 is 1.63 bits per heavy atom. The highest BCUT2D eigenvalue weighted by Gasteiger charge is 2.37. The van der Waals surface area contributed by atoms with Gasteiger partial charge in [-0.15, -0.1) is 0 Å². The molecule has 0 amide bonds. The molecular formula is C17H32N2. The van der Waals surface area contributed by atoms with E-state index in [2.05, 4.69) is 24.5 Å². The van der Waals surface area contributed by atoms with Crippen molar-refractivity contribution in [1.29, 1.82) is 0 Å². The van der Waals surface area contributed by atoms with Gasteiger partial charge in [0.15, 0.2) is 0 Å². The second-order valence-electron chi connectivity index (χ2n) is 7.44. The predicted molar refractivity (Wildman–Crippen MR) is 81.3 cm³/mol. The van der Waals surface area contributed by atoms with Crippen LogP contribution in [0.4, 0.5) is 0 Å². The van der Waals surface area contributed by atoms with Gasteiger partial charge in [0.05, 0.1) is 0 Å². The highest BCUT2D eigenvalue weighted by Crippen LogP contribution is 2.35. The van der Waals surface area contributed by atoms with Crippen LogP contribution in [0.25, 0.3) is 0 Å². The third-order valence-electron chi connectivity index (χ3n) is 6.32. The lowest BCUT2D eigenvalue weighted by atomic mass is 9.77. The van der Waals surface area contributed by atoms with E-state index >= 15 is 0 Å². The van der Waals surface area contributed by atoms with Crippen molar-refractivity contribution in [3.63, 3.8) is 0 Å². The molecule has 1 heterocycles. The van der Waals surface area contributed by atoms with Crippen molar-refractivity contribution in [2.75, 3.05) is 6.54 Å². The van der Waals surface area contributed by atoms with Crippen LogP contribution in [0, 0.1) is 17.8 Å². The summed E-state index contributed by atoms with van der Waals surface area (Å²) in [5, 5.41) is 7.83. The first kappa shape index (κ1) is 13.9. The summed E-state index contributed by atoms with van der Waals surface area (Å²) in [5.74, 6) is 2.69. The molecule has 0 aromatic carbocycles. The molecule has 3 rings (SSSR count). The normalized spacial score (nSPS) is 47.7. The monoisotopic (exact) mass is 264 g/mol. The summed E-state index contributed by atoms with van der Waals surface area (Å²) in [7, 11) is 0. The molecule has 6 atom stereocenters. The van der Waals surface area contributed by atoms with Gasteiger partial charge in [0.2, 0.25) is 0 Å².